The molecule has 0 saturated carbocycles. The van der Waals surface area contributed by atoms with Gasteiger partial charge in [0.15, 0.2) is 6.29 Å². The number of carbonyl (C=O) groups is 1. The fourth-order valence-electron chi connectivity index (χ4n) is 1.61. The van der Waals surface area contributed by atoms with Crippen LogP contribution < -0.4 is 10.7 Å². The van der Waals surface area contributed by atoms with Gasteiger partial charge in [-0.2, -0.15) is 5.26 Å². The van der Waals surface area contributed by atoms with Crippen molar-refractivity contribution in [3.8, 4) is 6.07 Å². The molecule has 0 bridgehead atoms. The van der Waals surface area contributed by atoms with Crippen LogP contribution in [0.25, 0.3) is 0 Å². The molecule has 0 atom stereocenters. The van der Waals surface area contributed by atoms with Gasteiger partial charge in [-0.05, 0) is 18.2 Å². The number of nitrogens with one attached hydrogen (secondary N) is 1. The number of carbonyl (C=O) groups excluding carboxylic acids is 1. The number of aromatic amines is 1. The van der Waals surface area contributed by atoms with E-state index in [0.717, 1.165) is 6.07 Å². The highest BCUT2D eigenvalue weighted by Crippen LogP contribution is 2.25. The fraction of sp³-hybridized carbons (Fsp3) is 0. The van der Waals surface area contributed by atoms with E-state index in [9.17, 15) is 14.7 Å². The average Bonchev–Trinajstić information content (AvgIpc) is 2.48. The summed E-state index contributed by atoms with van der Waals surface area (Å²) in [6.45, 7) is 0. The molecule has 104 valence electrons. The molecule has 2 rings (SSSR count). The lowest BCUT2D eigenvalue weighted by atomic mass is 10.2. The number of H-pyrrole nitrogens is 1. The summed E-state index contributed by atoms with van der Waals surface area (Å²) in [5, 5.41) is 21.2. The third-order valence-electron chi connectivity index (χ3n) is 2.62. The van der Waals surface area contributed by atoms with Gasteiger partial charge in [-0.25, -0.2) is 0 Å². The van der Waals surface area contributed by atoms with Gasteiger partial charge >= 0.3 is 0 Å². The van der Waals surface area contributed by atoms with Crippen LogP contribution in [-0.4, -0.2) is 17.2 Å². The van der Waals surface area contributed by atoms with Gasteiger partial charge in [0.2, 0.25) is 0 Å². The number of hydrogen-bond acceptors (Lipinski definition) is 5. The summed E-state index contributed by atoms with van der Waals surface area (Å²) in [4.78, 5) is 28.3. The minimum absolute atomic E-state index is 0.0375. The Morgan fingerprint density at radius 3 is 2.90 bits per heavy atom. The van der Waals surface area contributed by atoms with Gasteiger partial charge in [0, 0.05) is 17.7 Å². The third kappa shape index (κ3) is 2.99. The third-order valence-corrected chi connectivity index (χ3v) is 2.93. The molecule has 0 aliphatic heterocycles. The summed E-state index contributed by atoms with van der Waals surface area (Å²) in [5.41, 5.74) is -0.723. The molecule has 7 heteroatoms. The van der Waals surface area contributed by atoms with Crippen LogP contribution in [0, 0.1) is 11.3 Å². The summed E-state index contributed by atoms with van der Waals surface area (Å²) >= 11 is 5.83. The van der Waals surface area contributed by atoms with E-state index >= 15 is 0 Å². The maximum absolute atomic E-state index is 12.0. The quantitative estimate of drug-likeness (QED) is 0.521. The highest BCUT2D eigenvalue weighted by molar-refractivity contribution is 6.32. The molecule has 0 fully saturated rings. The SMILES string of the molecule is N#Cc1c(Cl)cccc1N=C([O-])c1cc(C=O)c[nH]c1=O. The number of aldehydes is 1. The van der Waals surface area contributed by atoms with Crippen molar-refractivity contribution in [1.29, 1.82) is 5.26 Å². The Kier molecular flexibility index (Phi) is 4.16. The molecule has 1 heterocycles. The van der Waals surface area contributed by atoms with E-state index in [1.807, 2.05) is 6.07 Å². The van der Waals surface area contributed by atoms with Crippen molar-refractivity contribution in [3.63, 3.8) is 0 Å². The second-order valence-electron chi connectivity index (χ2n) is 3.96. The number of benzene rings is 1. The van der Waals surface area contributed by atoms with Crippen LogP contribution in [0.2, 0.25) is 5.02 Å². The molecule has 1 N–H and O–H groups in total. The molecule has 0 unspecified atom stereocenters. The normalized spacial score (nSPS) is 11.0. The van der Waals surface area contributed by atoms with Crippen LogP contribution in [0.1, 0.15) is 21.5 Å². The molecule has 6 nitrogen and oxygen atoms in total. The number of nitriles is 1. The number of pyridine rings is 1. The van der Waals surface area contributed by atoms with Gasteiger partial charge in [0.25, 0.3) is 5.56 Å². The second-order valence-corrected chi connectivity index (χ2v) is 4.36. The minimum atomic E-state index is -0.862. The molecule has 0 aliphatic rings. The van der Waals surface area contributed by atoms with E-state index in [0.29, 0.717) is 6.29 Å². The van der Waals surface area contributed by atoms with Gasteiger partial charge in [-0.1, -0.05) is 17.7 Å². The van der Waals surface area contributed by atoms with Crippen LogP contribution in [0.5, 0.6) is 0 Å². The van der Waals surface area contributed by atoms with Crippen molar-refractivity contribution in [1.82, 2.24) is 4.98 Å². The van der Waals surface area contributed by atoms with Crippen molar-refractivity contribution in [2.75, 3.05) is 0 Å². The molecule has 0 saturated heterocycles. The summed E-state index contributed by atoms with van der Waals surface area (Å²) in [5.74, 6) is -0.862. The van der Waals surface area contributed by atoms with Crippen LogP contribution in [-0.2, 0) is 0 Å². The average molecular weight is 301 g/mol. The molecular formula is C14H7ClN3O3-. The van der Waals surface area contributed by atoms with E-state index < -0.39 is 11.5 Å². The van der Waals surface area contributed by atoms with Crippen molar-refractivity contribution in [2.45, 2.75) is 0 Å². The molecule has 1 aromatic carbocycles. The second kappa shape index (κ2) is 6.03. The predicted molar refractivity (Wildman–Crippen MR) is 74.8 cm³/mol. The first-order valence-corrected chi connectivity index (χ1v) is 6.07. The monoisotopic (exact) mass is 300 g/mol. The van der Waals surface area contributed by atoms with E-state index in [-0.39, 0.29) is 27.4 Å². The maximum atomic E-state index is 12.0. The largest absolute Gasteiger partial charge is 0.858 e. The Hall–Kier alpha value is -2.91. The maximum Gasteiger partial charge on any atom is 0.256 e. The van der Waals surface area contributed by atoms with Crippen LogP contribution in [0.4, 0.5) is 5.69 Å². The molecular weight excluding hydrogens is 294 g/mol. The van der Waals surface area contributed by atoms with E-state index in [4.69, 9.17) is 16.9 Å². The molecule has 0 amide bonds. The van der Waals surface area contributed by atoms with Crippen LogP contribution in [0.15, 0.2) is 40.2 Å². The van der Waals surface area contributed by atoms with E-state index in [1.165, 1.54) is 24.4 Å². The number of aliphatic imine (C=N–C) groups is 1. The standard InChI is InChI=1S/C14H8ClN3O3/c15-11-2-1-3-12(10(11)5-16)18-14(21)9-4-8(7-19)6-17-13(9)20/h1-4,6-7H,(H,17,20)(H,18,21)/p-1. The summed E-state index contributed by atoms with van der Waals surface area (Å²) in [6, 6.07) is 7.42. The fourth-order valence-corrected chi connectivity index (χ4v) is 1.83. The molecule has 0 radical (unpaired) electrons. The number of aromatic nitrogens is 1. The first kappa shape index (κ1) is 14.5. The zero-order valence-electron chi connectivity index (χ0n) is 10.5. The van der Waals surface area contributed by atoms with Crippen LogP contribution >= 0.6 is 11.6 Å². The lowest BCUT2D eigenvalue weighted by molar-refractivity contribution is -0.212. The van der Waals surface area contributed by atoms with Gasteiger partial charge in [0.05, 0.1) is 21.8 Å². The topological polar surface area (TPSA) is 109 Å². The molecule has 21 heavy (non-hydrogen) atoms. The smallest absolute Gasteiger partial charge is 0.256 e. The molecule has 2 aromatic rings. The van der Waals surface area contributed by atoms with Crippen LogP contribution in [0.3, 0.4) is 0 Å². The molecule has 0 spiro atoms. The Bertz CT molecular complexity index is 834. The Labute approximate surface area is 124 Å². The Morgan fingerprint density at radius 1 is 1.48 bits per heavy atom. The summed E-state index contributed by atoms with van der Waals surface area (Å²) in [7, 11) is 0. The molecule has 1 aromatic heterocycles. The highest BCUT2D eigenvalue weighted by atomic mass is 35.5. The van der Waals surface area contributed by atoms with Crippen molar-refractivity contribution in [3.05, 3.63) is 62.5 Å². The van der Waals surface area contributed by atoms with Gasteiger partial charge in [0.1, 0.15) is 6.07 Å². The van der Waals surface area contributed by atoms with Crippen molar-refractivity contribution >= 4 is 29.5 Å². The van der Waals surface area contributed by atoms with Gasteiger partial charge < -0.3 is 10.1 Å². The van der Waals surface area contributed by atoms with Crippen molar-refractivity contribution < 1.29 is 9.90 Å². The first-order chi connectivity index (χ1) is 10.1. The predicted octanol–water partition coefficient (Wildman–Crippen LogP) is 1.15. The summed E-state index contributed by atoms with van der Waals surface area (Å²) in [6.07, 6.45) is 1.68. The molecule has 0 aliphatic carbocycles. The summed E-state index contributed by atoms with van der Waals surface area (Å²) < 4.78 is 0. The highest BCUT2D eigenvalue weighted by Gasteiger charge is 2.07. The minimum Gasteiger partial charge on any atom is -0.858 e. The number of hydrogen-bond donors (Lipinski definition) is 1. The number of rotatable bonds is 3. The lowest BCUT2D eigenvalue weighted by Gasteiger charge is -2.11. The Morgan fingerprint density at radius 2 is 2.24 bits per heavy atom. The van der Waals surface area contributed by atoms with Crippen molar-refractivity contribution in [2.24, 2.45) is 4.99 Å². The van der Waals surface area contributed by atoms with E-state index in [2.05, 4.69) is 9.98 Å². The lowest BCUT2D eigenvalue weighted by Crippen LogP contribution is -2.27. The van der Waals surface area contributed by atoms with E-state index in [1.54, 1.807) is 0 Å². The number of halogens is 1. The zero-order valence-corrected chi connectivity index (χ0v) is 11.2. The van der Waals surface area contributed by atoms with Gasteiger partial charge in [-0.15, -0.1) is 0 Å². The first-order valence-electron chi connectivity index (χ1n) is 5.69. The number of nitrogens with zero attached hydrogens (tertiary/aromatic N) is 2. The van der Waals surface area contributed by atoms with Gasteiger partial charge in [-0.3, -0.25) is 14.6 Å². The zero-order chi connectivity index (χ0) is 15.4. The Balaban J connectivity index is 2.57.